The van der Waals surface area contributed by atoms with Crippen molar-refractivity contribution in [3.05, 3.63) is 52.6 Å². The van der Waals surface area contributed by atoms with Crippen molar-refractivity contribution in [2.24, 2.45) is 0 Å². The van der Waals surface area contributed by atoms with Crippen molar-refractivity contribution in [1.29, 1.82) is 0 Å². The minimum Gasteiger partial charge on any atom is -0.347 e. The molecule has 31 heavy (non-hydrogen) atoms. The van der Waals surface area contributed by atoms with Gasteiger partial charge in [0.2, 0.25) is 11.9 Å². The molecule has 2 aromatic heterocycles. The van der Waals surface area contributed by atoms with Gasteiger partial charge in [0.25, 0.3) is 0 Å². The summed E-state index contributed by atoms with van der Waals surface area (Å²) in [5.41, 5.74) is 4.18. The molecule has 1 atom stereocenters. The van der Waals surface area contributed by atoms with E-state index in [9.17, 15) is 4.79 Å². The van der Waals surface area contributed by atoms with E-state index in [4.69, 9.17) is 21.2 Å². The third kappa shape index (κ3) is 4.69. The summed E-state index contributed by atoms with van der Waals surface area (Å²) in [6.45, 7) is 3.12. The molecule has 0 unspecified atom stereocenters. The van der Waals surface area contributed by atoms with Crippen LogP contribution in [0.2, 0.25) is 5.02 Å². The van der Waals surface area contributed by atoms with Crippen LogP contribution in [0.1, 0.15) is 35.8 Å². The van der Waals surface area contributed by atoms with E-state index in [1.807, 2.05) is 54.4 Å². The first-order valence-electron chi connectivity index (χ1n) is 10.3. The van der Waals surface area contributed by atoms with Crippen molar-refractivity contribution >= 4 is 23.5 Å². The molecule has 1 fully saturated rings. The van der Waals surface area contributed by atoms with Crippen molar-refractivity contribution in [2.75, 3.05) is 32.1 Å². The second-order valence-electron chi connectivity index (χ2n) is 8.02. The Labute approximate surface area is 186 Å². The van der Waals surface area contributed by atoms with Crippen LogP contribution < -0.4 is 4.90 Å². The van der Waals surface area contributed by atoms with E-state index in [1.165, 1.54) is 0 Å². The molecule has 1 aliphatic heterocycles. The van der Waals surface area contributed by atoms with Gasteiger partial charge in [0, 0.05) is 49.9 Å². The zero-order valence-corrected chi connectivity index (χ0v) is 18.6. The second-order valence-corrected chi connectivity index (χ2v) is 8.46. The van der Waals surface area contributed by atoms with E-state index in [1.54, 1.807) is 6.92 Å². The lowest BCUT2D eigenvalue weighted by Crippen LogP contribution is -2.40. The summed E-state index contributed by atoms with van der Waals surface area (Å²) >= 11 is 6.08. The van der Waals surface area contributed by atoms with Gasteiger partial charge in [-0.3, -0.25) is 4.79 Å². The maximum atomic E-state index is 12.9. The van der Waals surface area contributed by atoms with Crippen LogP contribution in [-0.2, 0) is 11.2 Å². The summed E-state index contributed by atoms with van der Waals surface area (Å²) in [7, 11) is 3.85. The quantitative estimate of drug-likeness (QED) is 0.599. The molecule has 1 aliphatic rings. The molecule has 0 bridgehead atoms. The molecule has 0 aliphatic carbocycles. The van der Waals surface area contributed by atoms with E-state index in [0.29, 0.717) is 28.9 Å². The number of halogens is 1. The largest absolute Gasteiger partial charge is 0.347 e. The number of piperidine rings is 1. The monoisotopic (exact) mass is 440 g/mol. The summed E-state index contributed by atoms with van der Waals surface area (Å²) in [5.74, 6) is 0.792. The molecule has 0 N–H and O–H groups in total. The van der Waals surface area contributed by atoms with Crippen molar-refractivity contribution < 1.29 is 9.42 Å². The van der Waals surface area contributed by atoms with Gasteiger partial charge in [-0.15, -0.1) is 0 Å². The predicted octanol–water partition coefficient (Wildman–Crippen LogP) is 3.50. The fourth-order valence-electron chi connectivity index (χ4n) is 3.86. The van der Waals surface area contributed by atoms with Gasteiger partial charge >= 0.3 is 0 Å². The molecule has 1 saturated heterocycles. The first-order chi connectivity index (χ1) is 14.9. The SMILES string of the molecule is Cc1nonc1CC(=O)N1CCC[C@@H](c2nc(N(C)C)ncc2-c2ccc(Cl)cc2)C1. The number of amides is 1. The number of rotatable bonds is 5. The number of carbonyl (C=O) groups excluding carboxylic acids is 1. The molecule has 162 valence electrons. The minimum absolute atomic E-state index is 0.0263. The number of aromatic nitrogens is 4. The standard InChI is InChI=1S/C22H25ClN6O2/c1-14-19(27-31-26-14)11-20(30)29-10-4-5-16(13-29)21-18(12-24-22(25-21)28(2)3)15-6-8-17(23)9-7-15/h6-9,12,16H,4-5,10-11,13H2,1-3H3/t16-/m1/s1. The van der Waals surface area contributed by atoms with Crippen molar-refractivity contribution in [2.45, 2.75) is 32.1 Å². The predicted molar refractivity (Wildman–Crippen MR) is 118 cm³/mol. The fourth-order valence-corrected chi connectivity index (χ4v) is 3.98. The van der Waals surface area contributed by atoms with E-state index in [2.05, 4.69) is 15.3 Å². The number of carbonyl (C=O) groups is 1. The fraction of sp³-hybridized carbons (Fsp3) is 0.409. The Kier molecular flexibility index (Phi) is 6.18. The molecule has 0 radical (unpaired) electrons. The molecule has 3 heterocycles. The smallest absolute Gasteiger partial charge is 0.228 e. The molecule has 8 nitrogen and oxygen atoms in total. The Morgan fingerprint density at radius 3 is 2.71 bits per heavy atom. The molecule has 0 spiro atoms. The van der Waals surface area contributed by atoms with Crippen LogP contribution in [0, 0.1) is 6.92 Å². The summed E-state index contributed by atoms with van der Waals surface area (Å²) in [4.78, 5) is 26.1. The van der Waals surface area contributed by atoms with Crippen LogP contribution in [-0.4, -0.2) is 58.3 Å². The van der Waals surface area contributed by atoms with E-state index < -0.39 is 0 Å². The molecule has 9 heteroatoms. The first-order valence-corrected chi connectivity index (χ1v) is 10.7. The highest BCUT2D eigenvalue weighted by Gasteiger charge is 2.29. The Hall–Kier alpha value is -3.00. The van der Waals surface area contributed by atoms with Crippen LogP contribution in [0.15, 0.2) is 35.1 Å². The number of hydrogen-bond donors (Lipinski definition) is 0. The molecule has 1 amide bonds. The lowest BCUT2D eigenvalue weighted by atomic mass is 9.89. The Balaban J connectivity index is 1.62. The third-order valence-corrected chi connectivity index (χ3v) is 5.84. The number of anilines is 1. The van der Waals surface area contributed by atoms with Crippen LogP contribution in [0.4, 0.5) is 5.95 Å². The maximum absolute atomic E-state index is 12.9. The summed E-state index contributed by atoms with van der Waals surface area (Å²) < 4.78 is 4.73. The number of benzene rings is 1. The van der Waals surface area contributed by atoms with Crippen LogP contribution in [0.5, 0.6) is 0 Å². The molecule has 3 aromatic rings. The van der Waals surface area contributed by atoms with Gasteiger partial charge < -0.3 is 9.80 Å². The summed E-state index contributed by atoms with van der Waals surface area (Å²) in [6.07, 6.45) is 3.93. The van der Waals surface area contributed by atoms with Gasteiger partial charge in [-0.25, -0.2) is 14.6 Å². The summed E-state index contributed by atoms with van der Waals surface area (Å²) in [6, 6.07) is 7.69. The molecule has 1 aromatic carbocycles. The highest BCUT2D eigenvalue weighted by atomic mass is 35.5. The minimum atomic E-state index is 0.0263. The van der Waals surface area contributed by atoms with Crippen LogP contribution in [0.25, 0.3) is 11.1 Å². The molecule has 4 rings (SSSR count). The van der Waals surface area contributed by atoms with E-state index in [0.717, 1.165) is 36.2 Å². The number of likely N-dealkylation sites (tertiary alicyclic amines) is 1. The number of aryl methyl sites for hydroxylation is 1. The van der Waals surface area contributed by atoms with E-state index >= 15 is 0 Å². The average Bonchev–Trinajstić information content (AvgIpc) is 3.18. The Bertz CT molecular complexity index is 1070. The third-order valence-electron chi connectivity index (χ3n) is 5.59. The van der Waals surface area contributed by atoms with Crippen molar-refractivity contribution in [3.63, 3.8) is 0 Å². The average molecular weight is 441 g/mol. The number of nitrogens with zero attached hydrogens (tertiary/aromatic N) is 6. The highest BCUT2D eigenvalue weighted by molar-refractivity contribution is 6.30. The highest BCUT2D eigenvalue weighted by Crippen LogP contribution is 2.34. The lowest BCUT2D eigenvalue weighted by molar-refractivity contribution is -0.131. The zero-order chi connectivity index (χ0) is 22.0. The van der Waals surface area contributed by atoms with Gasteiger partial charge in [-0.05, 0) is 37.5 Å². The first kappa shape index (κ1) is 21.2. The van der Waals surface area contributed by atoms with Gasteiger partial charge in [0.1, 0.15) is 11.4 Å². The van der Waals surface area contributed by atoms with Crippen molar-refractivity contribution in [1.82, 2.24) is 25.2 Å². The molecular formula is C22H25ClN6O2. The van der Waals surface area contributed by atoms with Crippen LogP contribution >= 0.6 is 11.6 Å². The van der Waals surface area contributed by atoms with E-state index in [-0.39, 0.29) is 18.2 Å². The van der Waals surface area contributed by atoms with Crippen LogP contribution in [0.3, 0.4) is 0 Å². The maximum Gasteiger partial charge on any atom is 0.228 e. The Morgan fingerprint density at radius 2 is 2.03 bits per heavy atom. The second kappa shape index (κ2) is 9.01. The van der Waals surface area contributed by atoms with Gasteiger partial charge in [-0.1, -0.05) is 34.0 Å². The van der Waals surface area contributed by atoms with Gasteiger partial charge in [-0.2, -0.15) is 0 Å². The molecule has 0 saturated carbocycles. The summed E-state index contributed by atoms with van der Waals surface area (Å²) in [5, 5.41) is 8.30. The lowest BCUT2D eigenvalue weighted by Gasteiger charge is -2.33. The van der Waals surface area contributed by atoms with Gasteiger partial charge in [0.15, 0.2) is 0 Å². The van der Waals surface area contributed by atoms with Crippen molar-refractivity contribution in [3.8, 4) is 11.1 Å². The zero-order valence-electron chi connectivity index (χ0n) is 17.9. The number of hydrogen-bond acceptors (Lipinski definition) is 7. The topological polar surface area (TPSA) is 88.2 Å². The molecular weight excluding hydrogens is 416 g/mol. The Morgan fingerprint density at radius 1 is 1.26 bits per heavy atom. The van der Waals surface area contributed by atoms with Gasteiger partial charge in [0.05, 0.1) is 12.1 Å². The normalized spacial score (nSPS) is 16.4.